The molecule has 0 unspecified atom stereocenters. The van der Waals surface area contributed by atoms with Gasteiger partial charge in [-0.05, 0) is 30.5 Å². The van der Waals surface area contributed by atoms with E-state index in [0.29, 0.717) is 11.0 Å². The van der Waals surface area contributed by atoms with Crippen molar-refractivity contribution in [1.82, 2.24) is 4.98 Å². The summed E-state index contributed by atoms with van der Waals surface area (Å²) in [6.45, 7) is 3.54. The van der Waals surface area contributed by atoms with Gasteiger partial charge in [0, 0.05) is 18.5 Å². The van der Waals surface area contributed by atoms with Crippen LogP contribution in [0.3, 0.4) is 0 Å². The van der Waals surface area contributed by atoms with Crippen LogP contribution in [-0.2, 0) is 9.59 Å². The molecule has 1 aliphatic rings. The van der Waals surface area contributed by atoms with Crippen molar-refractivity contribution in [3.8, 4) is 0 Å². The van der Waals surface area contributed by atoms with Crippen LogP contribution in [0.15, 0.2) is 18.2 Å². The van der Waals surface area contributed by atoms with Crippen LogP contribution in [-0.4, -0.2) is 16.8 Å². The number of aromatic nitrogens is 1. The minimum absolute atomic E-state index is 0.0543. The van der Waals surface area contributed by atoms with E-state index in [2.05, 4.69) is 22.5 Å². The number of thiazole rings is 1. The third-order valence-corrected chi connectivity index (χ3v) is 4.32. The number of nitrogens with one attached hydrogen (secondary N) is 2. The van der Waals surface area contributed by atoms with Crippen molar-refractivity contribution in [2.75, 3.05) is 10.6 Å². The summed E-state index contributed by atoms with van der Waals surface area (Å²) in [5.41, 5.74) is 1.56. The molecule has 104 valence electrons. The number of benzene rings is 1. The van der Waals surface area contributed by atoms with Crippen LogP contribution in [0, 0.1) is 11.8 Å². The Bertz CT molecular complexity index is 695. The first-order valence-corrected chi connectivity index (χ1v) is 7.33. The Labute approximate surface area is 120 Å². The van der Waals surface area contributed by atoms with Crippen molar-refractivity contribution in [1.29, 1.82) is 0 Å². The van der Waals surface area contributed by atoms with Gasteiger partial charge >= 0.3 is 0 Å². The third-order valence-electron chi connectivity index (χ3n) is 3.39. The van der Waals surface area contributed by atoms with E-state index in [9.17, 15) is 9.59 Å². The number of nitrogens with zero attached hydrogens (tertiary/aromatic N) is 1. The Morgan fingerprint density at radius 3 is 2.75 bits per heavy atom. The lowest BCUT2D eigenvalue weighted by Gasteiger charge is -1.99. The van der Waals surface area contributed by atoms with Gasteiger partial charge in [0.15, 0.2) is 5.13 Å². The number of carbonyl (C=O) groups excluding carboxylic acids is 2. The number of hydrogen-bond donors (Lipinski definition) is 2. The summed E-state index contributed by atoms with van der Waals surface area (Å²) in [6.07, 6.45) is 0.962. The SMILES string of the molecule is CC(=O)Nc1ccc2nc(NC(=O)[C@@H]3C[C@H]3C)sc2c1. The van der Waals surface area contributed by atoms with Gasteiger partial charge in [-0.1, -0.05) is 18.3 Å². The Balaban J connectivity index is 1.79. The number of rotatable bonds is 3. The van der Waals surface area contributed by atoms with E-state index in [0.717, 1.165) is 22.3 Å². The van der Waals surface area contributed by atoms with E-state index in [4.69, 9.17) is 0 Å². The molecule has 1 fully saturated rings. The maximum absolute atomic E-state index is 11.9. The second-order valence-electron chi connectivity index (χ2n) is 5.19. The van der Waals surface area contributed by atoms with Crippen LogP contribution in [0.25, 0.3) is 10.2 Å². The zero-order valence-corrected chi connectivity index (χ0v) is 12.1. The summed E-state index contributed by atoms with van der Waals surface area (Å²) in [5, 5.41) is 6.21. The first kappa shape index (κ1) is 13.1. The Morgan fingerprint density at radius 1 is 1.35 bits per heavy atom. The molecule has 2 N–H and O–H groups in total. The van der Waals surface area contributed by atoms with Crippen LogP contribution in [0.5, 0.6) is 0 Å². The molecule has 1 aromatic heterocycles. The molecule has 20 heavy (non-hydrogen) atoms. The molecule has 5 nitrogen and oxygen atoms in total. The van der Waals surface area contributed by atoms with E-state index in [1.807, 2.05) is 12.1 Å². The van der Waals surface area contributed by atoms with Gasteiger partial charge in [0.2, 0.25) is 11.8 Å². The average Bonchev–Trinajstić information content (AvgIpc) is 2.96. The highest BCUT2D eigenvalue weighted by Crippen LogP contribution is 2.39. The molecule has 2 amide bonds. The zero-order chi connectivity index (χ0) is 14.3. The van der Waals surface area contributed by atoms with Crippen molar-refractivity contribution in [2.24, 2.45) is 11.8 Å². The summed E-state index contributed by atoms with van der Waals surface area (Å²) in [6, 6.07) is 5.51. The standard InChI is InChI=1S/C14H15N3O2S/c1-7-5-10(7)13(19)17-14-16-11-4-3-9(15-8(2)18)6-12(11)20-14/h3-4,6-7,10H,5H2,1-2H3,(H,15,18)(H,16,17,19)/t7-,10-/m1/s1. The predicted octanol–water partition coefficient (Wildman–Crippen LogP) is 2.85. The van der Waals surface area contributed by atoms with Crippen molar-refractivity contribution in [3.63, 3.8) is 0 Å². The zero-order valence-electron chi connectivity index (χ0n) is 11.3. The minimum Gasteiger partial charge on any atom is -0.326 e. The predicted molar refractivity (Wildman–Crippen MR) is 79.8 cm³/mol. The highest BCUT2D eigenvalue weighted by molar-refractivity contribution is 7.22. The van der Waals surface area contributed by atoms with Gasteiger partial charge in [0.05, 0.1) is 10.2 Å². The molecule has 0 bridgehead atoms. The van der Waals surface area contributed by atoms with E-state index in [-0.39, 0.29) is 17.7 Å². The normalized spacial score (nSPS) is 20.7. The minimum atomic E-state index is -0.106. The first-order chi connectivity index (χ1) is 9.52. The fourth-order valence-corrected chi connectivity index (χ4v) is 3.05. The highest BCUT2D eigenvalue weighted by Gasteiger charge is 2.39. The average molecular weight is 289 g/mol. The molecule has 6 heteroatoms. The van der Waals surface area contributed by atoms with Crippen molar-refractivity contribution in [3.05, 3.63) is 18.2 Å². The first-order valence-electron chi connectivity index (χ1n) is 6.52. The summed E-state index contributed by atoms with van der Waals surface area (Å²) < 4.78 is 0.940. The molecule has 3 rings (SSSR count). The second-order valence-corrected chi connectivity index (χ2v) is 6.22. The molecule has 0 radical (unpaired) electrons. The molecular weight excluding hydrogens is 274 g/mol. The quantitative estimate of drug-likeness (QED) is 0.912. The second kappa shape index (κ2) is 4.86. The molecule has 1 aromatic carbocycles. The summed E-state index contributed by atoms with van der Waals surface area (Å²) in [7, 11) is 0. The molecule has 2 atom stereocenters. The molecular formula is C14H15N3O2S. The van der Waals surface area contributed by atoms with Crippen molar-refractivity contribution in [2.45, 2.75) is 20.3 Å². The highest BCUT2D eigenvalue weighted by atomic mass is 32.1. The summed E-state index contributed by atoms with van der Waals surface area (Å²) in [5.74, 6) is 0.566. The van der Waals surface area contributed by atoms with Crippen LogP contribution < -0.4 is 10.6 Å². The molecule has 0 saturated heterocycles. The lowest BCUT2D eigenvalue weighted by Crippen LogP contribution is -2.14. The molecule has 1 aliphatic carbocycles. The van der Waals surface area contributed by atoms with Crippen LogP contribution >= 0.6 is 11.3 Å². The molecule has 0 aliphatic heterocycles. The van der Waals surface area contributed by atoms with Gasteiger partial charge < -0.3 is 10.6 Å². The smallest absolute Gasteiger partial charge is 0.229 e. The van der Waals surface area contributed by atoms with Gasteiger partial charge in [-0.15, -0.1) is 0 Å². The number of anilines is 2. The Hall–Kier alpha value is -1.95. The largest absolute Gasteiger partial charge is 0.326 e. The van der Waals surface area contributed by atoms with Crippen LogP contribution in [0.2, 0.25) is 0 Å². The van der Waals surface area contributed by atoms with E-state index < -0.39 is 0 Å². The maximum Gasteiger partial charge on any atom is 0.229 e. The number of fused-ring (bicyclic) bond motifs is 1. The third kappa shape index (κ3) is 2.65. The summed E-state index contributed by atoms with van der Waals surface area (Å²) in [4.78, 5) is 27.3. The topological polar surface area (TPSA) is 71.1 Å². The number of hydrogen-bond acceptors (Lipinski definition) is 4. The van der Waals surface area contributed by atoms with Gasteiger partial charge in [-0.2, -0.15) is 0 Å². The van der Waals surface area contributed by atoms with Gasteiger partial charge in [0.1, 0.15) is 0 Å². The van der Waals surface area contributed by atoms with E-state index >= 15 is 0 Å². The molecule has 2 aromatic rings. The van der Waals surface area contributed by atoms with Crippen LogP contribution in [0.1, 0.15) is 20.3 Å². The van der Waals surface area contributed by atoms with Crippen LogP contribution in [0.4, 0.5) is 10.8 Å². The van der Waals surface area contributed by atoms with Crippen molar-refractivity contribution >= 4 is 44.2 Å². The number of carbonyl (C=O) groups is 2. The fourth-order valence-electron chi connectivity index (χ4n) is 2.14. The Kier molecular flexibility index (Phi) is 3.17. The molecule has 1 heterocycles. The van der Waals surface area contributed by atoms with E-state index in [1.165, 1.54) is 18.3 Å². The fraction of sp³-hybridized carbons (Fsp3) is 0.357. The lowest BCUT2D eigenvalue weighted by molar-refractivity contribution is -0.117. The number of amides is 2. The maximum atomic E-state index is 11.9. The molecule has 1 saturated carbocycles. The van der Waals surface area contributed by atoms with Crippen molar-refractivity contribution < 1.29 is 9.59 Å². The molecule has 0 spiro atoms. The Morgan fingerprint density at radius 2 is 2.10 bits per heavy atom. The van der Waals surface area contributed by atoms with Gasteiger partial charge in [-0.25, -0.2) is 4.98 Å². The van der Waals surface area contributed by atoms with Gasteiger partial charge in [0.25, 0.3) is 0 Å². The summed E-state index contributed by atoms with van der Waals surface area (Å²) >= 11 is 1.42. The lowest BCUT2D eigenvalue weighted by atomic mass is 10.3. The van der Waals surface area contributed by atoms with Gasteiger partial charge in [-0.3, -0.25) is 9.59 Å². The van der Waals surface area contributed by atoms with E-state index in [1.54, 1.807) is 6.07 Å². The monoisotopic (exact) mass is 289 g/mol.